The predicted octanol–water partition coefficient (Wildman–Crippen LogP) is 4.56. The first-order valence-electron chi connectivity index (χ1n) is 11.8. The molecule has 1 aliphatic heterocycles. The highest BCUT2D eigenvalue weighted by Crippen LogP contribution is 2.35. The number of nitrogens with zero attached hydrogens (tertiary/aromatic N) is 3. The quantitative estimate of drug-likeness (QED) is 0.337. The molecular weight excluding hydrogens is 504 g/mol. The Morgan fingerprint density at radius 3 is 2.53 bits per heavy atom. The van der Waals surface area contributed by atoms with Gasteiger partial charge >= 0.3 is 0 Å². The lowest BCUT2D eigenvalue weighted by Crippen LogP contribution is -2.25. The van der Waals surface area contributed by atoms with Crippen molar-refractivity contribution < 1.29 is 23.7 Å². The van der Waals surface area contributed by atoms with E-state index in [1.807, 2.05) is 53.9 Å². The molecule has 4 aromatic rings. The van der Waals surface area contributed by atoms with Gasteiger partial charge in [0.1, 0.15) is 11.5 Å². The van der Waals surface area contributed by atoms with Crippen LogP contribution in [0, 0.1) is 0 Å². The Bertz CT molecular complexity index is 1560. The van der Waals surface area contributed by atoms with E-state index >= 15 is 0 Å². The van der Waals surface area contributed by atoms with Crippen LogP contribution in [0.25, 0.3) is 11.3 Å². The lowest BCUT2D eigenvalue weighted by Gasteiger charge is -2.18. The minimum atomic E-state index is -0.190. The van der Waals surface area contributed by atoms with Gasteiger partial charge in [0.2, 0.25) is 4.80 Å². The molecule has 0 saturated carbocycles. The fourth-order valence-electron chi connectivity index (χ4n) is 3.98. The number of aromatic nitrogens is 1. The number of carbonyl (C=O) groups is 1. The number of thiazole rings is 1. The molecule has 2 heterocycles. The van der Waals surface area contributed by atoms with Crippen LogP contribution in [0.2, 0.25) is 0 Å². The first kappa shape index (κ1) is 25.1. The van der Waals surface area contributed by atoms with Crippen molar-refractivity contribution >= 4 is 29.1 Å². The molecule has 1 N–H and O–H groups in total. The average Bonchev–Trinajstić information content (AvgIpc) is 3.37. The summed E-state index contributed by atoms with van der Waals surface area (Å²) in [5, 5.41) is 9.66. The van der Waals surface area contributed by atoms with Crippen LogP contribution in [0.3, 0.4) is 0 Å². The highest BCUT2D eigenvalue weighted by Gasteiger charge is 2.18. The van der Waals surface area contributed by atoms with Crippen molar-refractivity contribution in [3.05, 3.63) is 82.0 Å². The van der Waals surface area contributed by atoms with Gasteiger partial charge in [0.15, 0.2) is 18.1 Å². The smallest absolute Gasteiger partial charge is 0.262 e. The maximum atomic E-state index is 11.9. The maximum Gasteiger partial charge on any atom is 0.262 e. The number of fused-ring (bicyclic) bond motifs is 1. The topological polar surface area (TPSA) is 95.7 Å². The molecule has 1 amide bonds. The summed E-state index contributed by atoms with van der Waals surface area (Å²) in [5.74, 6) is 2.14. The Hall–Kier alpha value is -4.57. The van der Waals surface area contributed by atoms with Crippen molar-refractivity contribution in [2.24, 2.45) is 10.1 Å². The molecule has 9 nitrogen and oxygen atoms in total. The molecule has 0 radical (unpaired) electrons. The summed E-state index contributed by atoms with van der Waals surface area (Å²) < 4.78 is 23.7. The van der Waals surface area contributed by atoms with Gasteiger partial charge in [0.05, 0.1) is 45.5 Å². The summed E-state index contributed by atoms with van der Waals surface area (Å²) >= 11 is 1.48. The van der Waals surface area contributed by atoms with E-state index in [1.165, 1.54) is 11.3 Å². The predicted molar refractivity (Wildman–Crippen MR) is 147 cm³/mol. The molecule has 0 fully saturated rings. The number of benzene rings is 3. The number of ether oxygens (including phenoxy) is 4. The number of hydrogen-bond donors (Lipinski definition) is 1. The van der Waals surface area contributed by atoms with Crippen LogP contribution >= 0.6 is 11.3 Å². The van der Waals surface area contributed by atoms with E-state index in [0.717, 1.165) is 16.8 Å². The number of anilines is 1. The summed E-state index contributed by atoms with van der Waals surface area (Å²) in [6, 6.07) is 19.2. The van der Waals surface area contributed by atoms with E-state index in [2.05, 4.69) is 5.32 Å². The van der Waals surface area contributed by atoms with Crippen LogP contribution in [0.4, 0.5) is 5.69 Å². The zero-order valence-electron chi connectivity index (χ0n) is 21.1. The first-order chi connectivity index (χ1) is 18.6. The van der Waals surface area contributed by atoms with Crippen LogP contribution in [0.15, 0.2) is 76.1 Å². The summed E-state index contributed by atoms with van der Waals surface area (Å²) in [7, 11) is 4.74. The van der Waals surface area contributed by atoms with Gasteiger partial charge in [0, 0.05) is 22.6 Å². The van der Waals surface area contributed by atoms with Crippen molar-refractivity contribution in [1.82, 2.24) is 4.68 Å². The number of rotatable bonds is 8. The highest BCUT2D eigenvalue weighted by atomic mass is 32.1. The van der Waals surface area contributed by atoms with E-state index in [-0.39, 0.29) is 12.5 Å². The molecule has 10 heteroatoms. The molecule has 0 spiro atoms. The Labute approximate surface area is 223 Å². The zero-order valence-corrected chi connectivity index (χ0v) is 22.0. The molecule has 0 atom stereocenters. The van der Waals surface area contributed by atoms with Crippen LogP contribution in [-0.2, 0) is 11.3 Å². The summed E-state index contributed by atoms with van der Waals surface area (Å²) in [6.07, 6.45) is 1.70. The highest BCUT2D eigenvalue weighted by molar-refractivity contribution is 7.07. The second kappa shape index (κ2) is 11.2. The van der Waals surface area contributed by atoms with Gasteiger partial charge in [-0.25, -0.2) is 4.68 Å². The zero-order chi connectivity index (χ0) is 26.5. The van der Waals surface area contributed by atoms with E-state index in [4.69, 9.17) is 29.0 Å². The van der Waals surface area contributed by atoms with Gasteiger partial charge in [-0.1, -0.05) is 30.3 Å². The van der Waals surface area contributed by atoms with Gasteiger partial charge in [-0.05, 0) is 29.8 Å². The molecule has 38 heavy (non-hydrogen) atoms. The molecule has 5 rings (SSSR count). The standard InChI is InChI=1S/C28H26N4O5S/c1-34-24-13-26(36-3)25(35-2)12-20(24)15-30-32-22(17-38-28(32)29-14-18-7-5-4-6-8-18)19-9-10-23-21(11-19)31-27(33)16-37-23/h4-13,15,17H,14,16H2,1-3H3,(H,31,33). The molecule has 1 aromatic heterocycles. The van der Waals surface area contributed by atoms with E-state index in [1.54, 1.807) is 44.4 Å². The largest absolute Gasteiger partial charge is 0.496 e. The lowest BCUT2D eigenvalue weighted by atomic mass is 10.1. The van der Waals surface area contributed by atoms with Gasteiger partial charge in [-0.3, -0.25) is 9.79 Å². The third-order valence-electron chi connectivity index (χ3n) is 5.88. The first-order valence-corrected chi connectivity index (χ1v) is 12.6. The Kier molecular flexibility index (Phi) is 7.41. The summed E-state index contributed by atoms with van der Waals surface area (Å²) in [4.78, 5) is 17.4. The number of nitrogens with one attached hydrogen (secondary N) is 1. The van der Waals surface area contributed by atoms with Crippen LogP contribution in [0.5, 0.6) is 23.0 Å². The number of carbonyl (C=O) groups excluding carboxylic acids is 1. The summed E-state index contributed by atoms with van der Waals surface area (Å²) in [5.41, 5.74) is 4.07. The average molecular weight is 531 g/mol. The fourth-order valence-corrected chi connectivity index (χ4v) is 4.81. The van der Waals surface area contributed by atoms with Gasteiger partial charge in [-0.15, -0.1) is 11.3 Å². The Morgan fingerprint density at radius 2 is 1.76 bits per heavy atom. The van der Waals surface area contributed by atoms with Gasteiger partial charge < -0.3 is 24.3 Å². The number of amides is 1. The molecular formula is C28H26N4O5S. The molecule has 0 saturated heterocycles. The monoisotopic (exact) mass is 530 g/mol. The molecule has 0 bridgehead atoms. The van der Waals surface area contributed by atoms with Gasteiger partial charge in [0.25, 0.3) is 5.91 Å². The third kappa shape index (κ3) is 5.25. The third-order valence-corrected chi connectivity index (χ3v) is 6.74. The van der Waals surface area contributed by atoms with Crippen molar-refractivity contribution in [2.45, 2.75) is 6.54 Å². The van der Waals surface area contributed by atoms with E-state index in [0.29, 0.717) is 45.6 Å². The number of methoxy groups -OCH3 is 3. The van der Waals surface area contributed by atoms with Crippen molar-refractivity contribution in [2.75, 3.05) is 33.3 Å². The van der Waals surface area contributed by atoms with Crippen molar-refractivity contribution in [3.8, 4) is 34.3 Å². The maximum absolute atomic E-state index is 11.9. The van der Waals surface area contributed by atoms with Crippen LogP contribution < -0.4 is 29.1 Å². The summed E-state index contributed by atoms with van der Waals surface area (Å²) in [6.45, 7) is 0.509. The molecule has 0 aliphatic carbocycles. The lowest BCUT2D eigenvalue weighted by molar-refractivity contribution is -0.118. The number of hydrogen-bond acceptors (Lipinski definition) is 8. The Morgan fingerprint density at radius 1 is 1.00 bits per heavy atom. The molecule has 0 unspecified atom stereocenters. The second-order valence-corrected chi connectivity index (χ2v) is 9.10. The van der Waals surface area contributed by atoms with Crippen LogP contribution in [-0.4, -0.2) is 44.7 Å². The second-order valence-electron chi connectivity index (χ2n) is 8.26. The van der Waals surface area contributed by atoms with E-state index < -0.39 is 0 Å². The van der Waals surface area contributed by atoms with Gasteiger partial charge in [-0.2, -0.15) is 5.10 Å². The fraction of sp³-hybridized carbons (Fsp3) is 0.179. The molecule has 194 valence electrons. The van der Waals surface area contributed by atoms with Crippen molar-refractivity contribution in [3.63, 3.8) is 0 Å². The van der Waals surface area contributed by atoms with E-state index in [9.17, 15) is 4.79 Å². The SMILES string of the molecule is COc1cc(OC)c(OC)cc1C=Nn1c(-c2ccc3c(c2)NC(=O)CO3)csc1=NCc1ccccc1. The molecule has 3 aromatic carbocycles. The molecule has 1 aliphatic rings. The van der Waals surface area contributed by atoms with Crippen LogP contribution in [0.1, 0.15) is 11.1 Å². The minimum Gasteiger partial charge on any atom is -0.496 e. The normalized spacial score (nSPS) is 13.1. The minimum absolute atomic E-state index is 0.00472. The van der Waals surface area contributed by atoms with Crippen molar-refractivity contribution in [1.29, 1.82) is 0 Å². The Balaban J connectivity index is 1.60.